The van der Waals surface area contributed by atoms with Crippen LogP contribution in [0.4, 0.5) is 10.2 Å². The highest BCUT2D eigenvalue weighted by molar-refractivity contribution is 6.30. The van der Waals surface area contributed by atoms with E-state index in [4.69, 9.17) is 17.3 Å². The Balaban J connectivity index is 2.07. The van der Waals surface area contributed by atoms with Gasteiger partial charge in [-0.05, 0) is 18.9 Å². The third-order valence-electron chi connectivity index (χ3n) is 2.95. The number of anilines is 1. The Morgan fingerprint density at radius 3 is 2.88 bits per heavy atom. The van der Waals surface area contributed by atoms with E-state index >= 15 is 0 Å². The molecule has 16 heavy (non-hydrogen) atoms. The van der Waals surface area contributed by atoms with Crippen molar-refractivity contribution in [1.82, 2.24) is 4.98 Å². The van der Waals surface area contributed by atoms with E-state index in [1.54, 1.807) is 0 Å². The number of hydrogen-bond donors (Lipinski definition) is 2. The SMILES string of the molecule is N[C@@H]1CCCC[C@H]1Nc1ncc(Cl)cc1F. The Kier molecular flexibility index (Phi) is 3.61. The Hall–Kier alpha value is -0.870. The molecule has 1 heterocycles. The lowest BCUT2D eigenvalue weighted by Gasteiger charge is -2.29. The predicted octanol–water partition coefficient (Wildman–Crippen LogP) is 2.56. The van der Waals surface area contributed by atoms with Crippen LogP contribution in [0.1, 0.15) is 25.7 Å². The van der Waals surface area contributed by atoms with Crippen molar-refractivity contribution >= 4 is 17.4 Å². The summed E-state index contributed by atoms with van der Waals surface area (Å²) >= 11 is 5.63. The molecule has 0 saturated heterocycles. The third-order valence-corrected chi connectivity index (χ3v) is 3.16. The second-order valence-corrected chi connectivity index (χ2v) is 4.62. The molecule has 0 radical (unpaired) electrons. The largest absolute Gasteiger partial charge is 0.363 e. The second kappa shape index (κ2) is 4.97. The number of pyridine rings is 1. The lowest BCUT2D eigenvalue weighted by molar-refractivity contribution is 0.402. The summed E-state index contributed by atoms with van der Waals surface area (Å²) < 4.78 is 13.5. The average Bonchev–Trinajstić information content (AvgIpc) is 2.25. The summed E-state index contributed by atoms with van der Waals surface area (Å²) in [4.78, 5) is 3.93. The van der Waals surface area contributed by atoms with Crippen LogP contribution in [-0.2, 0) is 0 Å². The summed E-state index contributed by atoms with van der Waals surface area (Å²) in [6.07, 6.45) is 5.65. The van der Waals surface area contributed by atoms with Crippen molar-refractivity contribution in [2.45, 2.75) is 37.8 Å². The van der Waals surface area contributed by atoms with Gasteiger partial charge in [-0.2, -0.15) is 0 Å². The molecule has 5 heteroatoms. The molecule has 0 amide bonds. The number of halogens is 2. The fourth-order valence-corrected chi connectivity index (χ4v) is 2.18. The summed E-state index contributed by atoms with van der Waals surface area (Å²) in [6.45, 7) is 0. The first kappa shape index (κ1) is 11.6. The third kappa shape index (κ3) is 2.62. The van der Waals surface area contributed by atoms with Crippen molar-refractivity contribution in [3.8, 4) is 0 Å². The lowest BCUT2D eigenvalue weighted by atomic mass is 9.91. The Morgan fingerprint density at radius 2 is 2.19 bits per heavy atom. The summed E-state index contributed by atoms with van der Waals surface area (Å²) in [5, 5.41) is 3.36. The minimum Gasteiger partial charge on any atom is -0.363 e. The van der Waals surface area contributed by atoms with E-state index < -0.39 is 5.82 Å². The number of aromatic nitrogens is 1. The quantitative estimate of drug-likeness (QED) is 0.839. The van der Waals surface area contributed by atoms with Gasteiger partial charge in [0.25, 0.3) is 0 Å². The number of rotatable bonds is 2. The molecule has 2 atom stereocenters. The molecular formula is C11H15ClFN3. The monoisotopic (exact) mass is 243 g/mol. The van der Waals surface area contributed by atoms with E-state index in [0.717, 1.165) is 25.7 Å². The van der Waals surface area contributed by atoms with Gasteiger partial charge < -0.3 is 11.1 Å². The summed E-state index contributed by atoms with van der Waals surface area (Å²) in [5.41, 5.74) is 5.97. The van der Waals surface area contributed by atoms with Crippen molar-refractivity contribution in [3.63, 3.8) is 0 Å². The van der Waals surface area contributed by atoms with Crippen molar-refractivity contribution in [3.05, 3.63) is 23.1 Å². The maximum atomic E-state index is 13.5. The maximum Gasteiger partial charge on any atom is 0.166 e. The topological polar surface area (TPSA) is 50.9 Å². The molecule has 1 aliphatic rings. The molecule has 0 bridgehead atoms. The first-order valence-electron chi connectivity index (χ1n) is 5.50. The van der Waals surface area contributed by atoms with E-state index in [1.165, 1.54) is 12.3 Å². The molecule has 2 rings (SSSR count). The van der Waals surface area contributed by atoms with Crippen LogP contribution in [0.25, 0.3) is 0 Å². The van der Waals surface area contributed by atoms with Gasteiger partial charge in [0.15, 0.2) is 11.6 Å². The van der Waals surface area contributed by atoms with Crippen LogP contribution in [0.5, 0.6) is 0 Å². The van der Waals surface area contributed by atoms with Crippen LogP contribution in [-0.4, -0.2) is 17.1 Å². The molecule has 3 N–H and O–H groups in total. The fraction of sp³-hybridized carbons (Fsp3) is 0.545. The normalized spacial score (nSPS) is 25.4. The van der Waals surface area contributed by atoms with Crippen LogP contribution >= 0.6 is 11.6 Å². The minimum absolute atomic E-state index is 0.0747. The zero-order valence-electron chi connectivity index (χ0n) is 8.92. The molecule has 0 unspecified atom stereocenters. The van der Waals surface area contributed by atoms with Crippen LogP contribution in [0.3, 0.4) is 0 Å². The molecule has 1 aromatic heterocycles. The molecular weight excluding hydrogens is 229 g/mol. The van der Waals surface area contributed by atoms with Gasteiger partial charge in [-0.3, -0.25) is 0 Å². The van der Waals surface area contributed by atoms with Crippen LogP contribution in [0, 0.1) is 5.82 Å². The summed E-state index contributed by atoms with van der Waals surface area (Å²) in [6, 6.07) is 1.44. The van der Waals surface area contributed by atoms with E-state index in [0.29, 0.717) is 5.02 Å². The molecule has 1 saturated carbocycles. The zero-order valence-corrected chi connectivity index (χ0v) is 9.67. The molecule has 1 fully saturated rings. The van der Waals surface area contributed by atoms with Gasteiger partial charge in [0, 0.05) is 18.3 Å². The lowest BCUT2D eigenvalue weighted by Crippen LogP contribution is -2.42. The van der Waals surface area contributed by atoms with Gasteiger partial charge in [-0.15, -0.1) is 0 Å². The van der Waals surface area contributed by atoms with Crippen molar-refractivity contribution < 1.29 is 4.39 Å². The molecule has 1 aromatic rings. The number of nitrogens with zero attached hydrogens (tertiary/aromatic N) is 1. The van der Waals surface area contributed by atoms with E-state index in [-0.39, 0.29) is 17.9 Å². The maximum absolute atomic E-state index is 13.5. The molecule has 88 valence electrons. The molecule has 1 aliphatic carbocycles. The van der Waals surface area contributed by atoms with Crippen LogP contribution in [0.15, 0.2) is 12.3 Å². The Bertz CT molecular complexity index is 372. The zero-order chi connectivity index (χ0) is 11.5. The molecule has 0 aliphatic heterocycles. The number of hydrogen-bond acceptors (Lipinski definition) is 3. The molecule has 3 nitrogen and oxygen atoms in total. The standard InChI is InChI=1S/C11H15ClFN3/c12-7-5-8(13)11(15-6-7)16-10-4-2-1-3-9(10)14/h5-6,9-10H,1-4,14H2,(H,15,16)/t9-,10-/m1/s1. The smallest absolute Gasteiger partial charge is 0.166 e. The summed E-state index contributed by atoms with van der Waals surface area (Å²) in [5.74, 6) is -0.183. The first-order valence-corrected chi connectivity index (χ1v) is 5.88. The van der Waals surface area contributed by atoms with Gasteiger partial charge in [0.2, 0.25) is 0 Å². The van der Waals surface area contributed by atoms with Gasteiger partial charge in [-0.25, -0.2) is 9.37 Å². The first-order chi connectivity index (χ1) is 7.66. The van der Waals surface area contributed by atoms with Gasteiger partial charge in [0.1, 0.15) is 0 Å². The second-order valence-electron chi connectivity index (χ2n) is 4.18. The fourth-order valence-electron chi connectivity index (χ4n) is 2.04. The van der Waals surface area contributed by atoms with E-state index in [9.17, 15) is 4.39 Å². The molecule has 0 spiro atoms. The van der Waals surface area contributed by atoms with Crippen LogP contribution in [0.2, 0.25) is 5.02 Å². The van der Waals surface area contributed by atoms with E-state index in [2.05, 4.69) is 10.3 Å². The Labute approximate surface area is 99.2 Å². The van der Waals surface area contributed by atoms with Crippen molar-refractivity contribution in [2.24, 2.45) is 5.73 Å². The predicted molar refractivity (Wildman–Crippen MR) is 63.1 cm³/mol. The average molecular weight is 244 g/mol. The van der Waals surface area contributed by atoms with Crippen molar-refractivity contribution in [1.29, 1.82) is 0 Å². The molecule has 0 aromatic carbocycles. The highest BCUT2D eigenvalue weighted by atomic mass is 35.5. The number of nitrogens with one attached hydrogen (secondary N) is 1. The van der Waals surface area contributed by atoms with Gasteiger partial charge in [-0.1, -0.05) is 24.4 Å². The van der Waals surface area contributed by atoms with Gasteiger partial charge >= 0.3 is 0 Å². The number of nitrogens with two attached hydrogens (primary N) is 1. The highest BCUT2D eigenvalue weighted by Gasteiger charge is 2.22. The Morgan fingerprint density at radius 1 is 1.44 bits per heavy atom. The van der Waals surface area contributed by atoms with Gasteiger partial charge in [0.05, 0.1) is 5.02 Å². The van der Waals surface area contributed by atoms with E-state index in [1.807, 2.05) is 0 Å². The summed E-state index contributed by atoms with van der Waals surface area (Å²) in [7, 11) is 0. The van der Waals surface area contributed by atoms with Crippen molar-refractivity contribution in [2.75, 3.05) is 5.32 Å². The van der Waals surface area contributed by atoms with Crippen LogP contribution < -0.4 is 11.1 Å². The highest BCUT2D eigenvalue weighted by Crippen LogP contribution is 2.22. The minimum atomic E-state index is -0.426.